The molecule has 1 aromatic carbocycles. The van der Waals surface area contributed by atoms with Crippen LogP contribution in [0.25, 0.3) is 0 Å². The Morgan fingerprint density at radius 2 is 1.85 bits per heavy atom. The van der Waals surface area contributed by atoms with Crippen LogP contribution in [0.4, 0.5) is 11.4 Å². The highest BCUT2D eigenvalue weighted by molar-refractivity contribution is 5.60. The quantitative estimate of drug-likeness (QED) is 0.573. The van der Waals surface area contributed by atoms with Gasteiger partial charge in [0, 0.05) is 23.4 Å². The number of hydrogen-bond donors (Lipinski definition) is 1. The number of nitrogens with zero attached hydrogens (tertiary/aromatic N) is 1. The molecule has 0 bridgehead atoms. The smallest absolute Gasteiger partial charge is 0.274 e. The molecule has 0 aliphatic carbocycles. The first kappa shape index (κ1) is 16.5. The third kappa shape index (κ3) is 4.22. The van der Waals surface area contributed by atoms with Crippen LogP contribution in [0.2, 0.25) is 0 Å². The second kappa shape index (κ2) is 7.27. The van der Waals surface area contributed by atoms with Crippen molar-refractivity contribution in [3.8, 4) is 0 Å². The highest BCUT2D eigenvalue weighted by atomic mass is 16.6. The molecular weight excluding hydrogens is 252 g/mol. The summed E-state index contributed by atoms with van der Waals surface area (Å²) in [5, 5.41) is 14.5. The van der Waals surface area contributed by atoms with Gasteiger partial charge in [-0.15, -0.1) is 0 Å². The van der Waals surface area contributed by atoms with E-state index < -0.39 is 0 Å². The van der Waals surface area contributed by atoms with E-state index in [0.29, 0.717) is 17.5 Å². The topological polar surface area (TPSA) is 55.2 Å². The van der Waals surface area contributed by atoms with Crippen LogP contribution in [-0.4, -0.2) is 11.0 Å². The summed E-state index contributed by atoms with van der Waals surface area (Å²) >= 11 is 0. The third-order valence-corrected chi connectivity index (χ3v) is 3.98. The van der Waals surface area contributed by atoms with Gasteiger partial charge in [-0.3, -0.25) is 10.1 Å². The molecule has 4 nitrogen and oxygen atoms in total. The van der Waals surface area contributed by atoms with Crippen LogP contribution in [0.15, 0.2) is 12.1 Å². The van der Waals surface area contributed by atoms with Gasteiger partial charge >= 0.3 is 0 Å². The monoisotopic (exact) mass is 278 g/mol. The van der Waals surface area contributed by atoms with E-state index in [1.165, 1.54) is 0 Å². The maximum atomic E-state index is 11.0. The van der Waals surface area contributed by atoms with Gasteiger partial charge in [-0.25, -0.2) is 0 Å². The molecular formula is C16H26N2O2. The third-order valence-electron chi connectivity index (χ3n) is 3.98. The lowest BCUT2D eigenvalue weighted by molar-refractivity contribution is -0.385. The van der Waals surface area contributed by atoms with Crippen LogP contribution in [0.3, 0.4) is 0 Å². The number of hydrogen-bond acceptors (Lipinski definition) is 3. The fourth-order valence-electron chi connectivity index (χ4n) is 2.39. The Balaban J connectivity index is 2.95. The van der Waals surface area contributed by atoms with Crippen molar-refractivity contribution in [3.05, 3.63) is 33.4 Å². The lowest BCUT2D eigenvalue weighted by Gasteiger charge is -2.22. The molecule has 0 aliphatic heterocycles. The summed E-state index contributed by atoms with van der Waals surface area (Å²) < 4.78 is 0. The maximum absolute atomic E-state index is 11.0. The lowest BCUT2D eigenvalue weighted by Crippen LogP contribution is -2.21. The van der Waals surface area contributed by atoms with Crippen LogP contribution < -0.4 is 5.32 Å². The summed E-state index contributed by atoms with van der Waals surface area (Å²) in [4.78, 5) is 10.7. The Kier molecular flexibility index (Phi) is 5.99. The van der Waals surface area contributed by atoms with Crippen LogP contribution in [0.1, 0.15) is 51.2 Å². The fourth-order valence-corrected chi connectivity index (χ4v) is 2.39. The molecule has 20 heavy (non-hydrogen) atoms. The molecule has 0 spiro atoms. The predicted octanol–water partition coefficient (Wildman–Crippen LogP) is 4.84. The average molecular weight is 278 g/mol. The molecule has 0 radical (unpaired) electrons. The first-order valence-electron chi connectivity index (χ1n) is 7.41. The number of nitro groups is 1. The second-order valence-corrected chi connectivity index (χ2v) is 5.71. The van der Waals surface area contributed by atoms with Crippen LogP contribution in [-0.2, 0) is 0 Å². The molecule has 2 unspecified atom stereocenters. The predicted molar refractivity (Wildman–Crippen MR) is 84.3 cm³/mol. The van der Waals surface area contributed by atoms with Crippen molar-refractivity contribution in [3.63, 3.8) is 0 Å². The first-order valence-corrected chi connectivity index (χ1v) is 7.41. The molecule has 1 aromatic rings. The van der Waals surface area contributed by atoms with Crippen molar-refractivity contribution in [2.45, 2.75) is 59.9 Å². The van der Waals surface area contributed by atoms with Crippen molar-refractivity contribution in [1.29, 1.82) is 0 Å². The number of anilines is 1. The zero-order valence-corrected chi connectivity index (χ0v) is 13.2. The van der Waals surface area contributed by atoms with Crippen molar-refractivity contribution >= 4 is 11.4 Å². The highest BCUT2D eigenvalue weighted by Gasteiger charge is 2.16. The van der Waals surface area contributed by atoms with Gasteiger partial charge in [0.2, 0.25) is 0 Å². The lowest BCUT2D eigenvalue weighted by atomic mass is 9.97. The molecule has 0 saturated heterocycles. The van der Waals surface area contributed by atoms with Gasteiger partial charge in [0.05, 0.1) is 4.92 Å². The van der Waals surface area contributed by atoms with Crippen LogP contribution in [0.5, 0.6) is 0 Å². The SMILES string of the molecule is CCC(C)CC(CC)Nc1cc([N+](=O)[O-])c(C)cc1C. The largest absolute Gasteiger partial charge is 0.382 e. The molecule has 1 rings (SSSR count). The zero-order valence-electron chi connectivity index (χ0n) is 13.2. The first-order chi connectivity index (χ1) is 9.38. The number of nitrogens with one attached hydrogen (secondary N) is 1. The van der Waals surface area contributed by atoms with E-state index >= 15 is 0 Å². The van der Waals surface area contributed by atoms with Crippen molar-refractivity contribution in [1.82, 2.24) is 0 Å². The van der Waals surface area contributed by atoms with Crippen molar-refractivity contribution in [2.24, 2.45) is 5.92 Å². The Labute approximate surface area is 121 Å². The molecule has 0 saturated carbocycles. The highest BCUT2D eigenvalue weighted by Crippen LogP contribution is 2.28. The number of benzene rings is 1. The van der Waals surface area contributed by atoms with Crippen molar-refractivity contribution < 1.29 is 4.92 Å². The Bertz CT molecular complexity index is 472. The molecule has 0 fully saturated rings. The number of rotatable bonds is 7. The van der Waals surface area contributed by atoms with Gasteiger partial charge in [-0.2, -0.15) is 0 Å². The average Bonchev–Trinajstić information content (AvgIpc) is 2.39. The molecule has 2 atom stereocenters. The van der Waals surface area contributed by atoms with Gasteiger partial charge in [0.1, 0.15) is 0 Å². The molecule has 0 heterocycles. The molecule has 112 valence electrons. The summed E-state index contributed by atoms with van der Waals surface area (Å²) in [5.74, 6) is 0.660. The van der Waals surface area contributed by atoms with Crippen LogP contribution >= 0.6 is 0 Å². The van der Waals surface area contributed by atoms with E-state index in [0.717, 1.165) is 30.5 Å². The fraction of sp³-hybridized carbons (Fsp3) is 0.625. The zero-order chi connectivity index (χ0) is 15.3. The summed E-state index contributed by atoms with van der Waals surface area (Å²) in [6.45, 7) is 10.4. The summed E-state index contributed by atoms with van der Waals surface area (Å²) in [5.41, 5.74) is 2.86. The molecule has 0 amide bonds. The summed E-state index contributed by atoms with van der Waals surface area (Å²) in [7, 11) is 0. The second-order valence-electron chi connectivity index (χ2n) is 5.71. The number of nitro benzene ring substituents is 1. The van der Waals surface area contributed by atoms with E-state index in [-0.39, 0.29) is 10.6 Å². The molecule has 4 heteroatoms. The minimum absolute atomic E-state index is 0.191. The Hall–Kier alpha value is -1.58. The maximum Gasteiger partial charge on any atom is 0.274 e. The minimum atomic E-state index is -0.310. The summed E-state index contributed by atoms with van der Waals surface area (Å²) in [6, 6.07) is 3.92. The van der Waals surface area contributed by atoms with E-state index in [2.05, 4.69) is 26.1 Å². The van der Waals surface area contributed by atoms with E-state index in [1.807, 2.05) is 13.0 Å². The van der Waals surface area contributed by atoms with Gasteiger partial charge in [-0.1, -0.05) is 27.2 Å². The number of aryl methyl sites for hydroxylation is 2. The van der Waals surface area contributed by atoms with Gasteiger partial charge in [-0.05, 0) is 44.2 Å². The Morgan fingerprint density at radius 1 is 1.20 bits per heavy atom. The van der Waals surface area contributed by atoms with E-state index in [9.17, 15) is 10.1 Å². The Morgan fingerprint density at radius 3 is 2.35 bits per heavy atom. The summed E-state index contributed by atoms with van der Waals surface area (Å²) in [6.07, 6.45) is 3.27. The normalized spacial score (nSPS) is 13.8. The van der Waals surface area contributed by atoms with Gasteiger partial charge in [0.15, 0.2) is 0 Å². The van der Waals surface area contributed by atoms with Gasteiger partial charge < -0.3 is 5.32 Å². The molecule has 0 aromatic heterocycles. The minimum Gasteiger partial charge on any atom is -0.382 e. The molecule has 1 N–H and O–H groups in total. The van der Waals surface area contributed by atoms with Crippen molar-refractivity contribution in [2.75, 3.05) is 5.32 Å². The van der Waals surface area contributed by atoms with E-state index in [4.69, 9.17) is 0 Å². The van der Waals surface area contributed by atoms with E-state index in [1.54, 1.807) is 13.0 Å². The van der Waals surface area contributed by atoms with Gasteiger partial charge in [0.25, 0.3) is 5.69 Å². The standard InChI is InChI=1S/C16H26N2O2/c1-6-11(3)8-14(7-2)17-15-10-16(18(19)20)13(5)9-12(15)4/h9-11,14,17H,6-8H2,1-5H3. The molecule has 0 aliphatic rings. The van der Waals surface area contributed by atoms with Crippen LogP contribution in [0, 0.1) is 29.9 Å².